The van der Waals surface area contributed by atoms with Crippen molar-refractivity contribution in [1.82, 2.24) is 19.8 Å². The van der Waals surface area contributed by atoms with Gasteiger partial charge < -0.3 is 30.3 Å². The van der Waals surface area contributed by atoms with E-state index in [0.717, 1.165) is 85.9 Å². The van der Waals surface area contributed by atoms with Crippen molar-refractivity contribution in [2.45, 2.75) is 19.3 Å². The molecule has 0 spiro atoms. The lowest BCUT2D eigenvalue weighted by atomic mass is 10.1. The van der Waals surface area contributed by atoms with E-state index in [0.29, 0.717) is 12.5 Å². The van der Waals surface area contributed by atoms with Gasteiger partial charge in [0.25, 0.3) is 0 Å². The smallest absolute Gasteiger partial charge is 0.213 e. The van der Waals surface area contributed by atoms with Crippen molar-refractivity contribution < 1.29 is 9.47 Å². The van der Waals surface area contributed by atoms with Gasteiger partial charge in [-0.25, -0.2) is 9.97 Å². The van der Waals surface area contributed by atoms with Gasteiger partial charge in [-0.15, -0.1) is 0 Å². The van der Waals surface area contributed by atoms with Crippen LogP contribution < -0.4 is 20.5 Å². The van der Waals surface area contributed by atoms with Crippen LogP contribution in [0, 0.1) is 0 Å². The number of methoxy groups -OCH3 is 1. The Morgan fingerprint density at radius 3 is 2.22 bits per heavy atom. The van der Waals surface area contributed by atoms with Crippen LogP contribution >= 0.6 is 0 Å². The molecule has 8 nitrogen and oxygen atoms in total. The molecular weight excluding hydrogens is 464 g/mol. The van der Waals surface area contributed by atoms with Crippen LogP contribution in [-0.2, 0) is 0 Å². The molecule has 0 saturated heterocycles. The number of rotatable bonds is 16. The maximum absolute atomic E-state index is 5.80. The second-order valence-corrected chi connectivity index (χ2v) is 9.47. The van der Waals surface area contributed by atoms with Crippen molar-refractivity contribution in [1.29, 1.82) is 0 Å². The van der Waals surface area contributed by atoms with Crippen LogP contribution in [0.15, 0.2) is 54.7 Å². The molecule has 3 N–H and O–H groups in total. The maximum Gasteiger partial charge on any atom is 0.213 e. The van der Waals surface area contributed by atoms with Gasteiger partial charge in [-0.05, 0) is 103 Å². The molecule has 0 amide bonds. The molecule has 0 fully saturated rings. The maximum atomic E-state index is 5.80. The molecule has 8 heteroatoms. The molecule has 200 valence electrons. The van der Waals surface area contributed by atoms with E-state index in [9.17, 15) is 0 Å². The summed E-state index contributed by atoms with van der Waals surface area (Å²) in [5, 5.41) is 3.59. The number of ether oxygens (including phenoxy) is 2. The summed E-state index contributed by atoms with van der Waals surface area (Å²) in [7, 11) is 7.94. The van der Waals surface area contributed by atoms with Gasteiger partial charge in [-0.2, -0.15) is 0 Å². The minimum absolute atomic E-state index is 0.630. The first kappa shape index (κ1) is 28.4. The molecule has 3 rings (SSSR count). The van der Waals surface area contributed by atoms with Crippen LogP contribution in [0.25, 0.3) is 22.5 Å². The molecule has 2 heterocycles. The molecule has 3 aromatic rings. The zero-order valence-corrected chi connectivity index (χ0v) is 22.7. The second-order valence-electron chi connectivity index (χ2n) is 9.47. The third-order valence-electron chi connectivity index (χ3n) is 6.03. The number of nitrogens with two attached hydrogens (primary N) is 1. The molecule has 0 radical (unpaired) electrons. The van der Waals surface area contributed by atoms with Gasteiger partial charge in [0.2, 0.25) is 5.88 Å². The lowest BCUT2D eigenvalue weighted by Gasteiger charge is -2.17. The summed E-state index contributed by atoms with van der Waals surface area (Å²) in [4.78, 5) is 13.9. The monoisotopic (exact) mass is 506 g/mol. The van der Waals surface area contributed by atoms with E-state index >= 15 is 0 Å². The molecule has 0 atom stereocenters. The topological polar surface area (TPSA) is 88.8 Å². The molecule has 2 aromatic heterocycles. The van der Waals surface area contributed by atoms with E-state index in [2.05, 4.69) is 53.4 Å². The average molecular weight is 507 g/mol. The minimum Gasteiger partial charge on any atom is -0.497 e. The molecule has 0 aliphatic rings. The standard InChI is InChI=1S/C29H42N6O2/c1-34(2)16-7-19-37-29-13-10-24(22-32-29)28-21-25(31-15-6-18-35(3)17-5-14-30)20-27(33-28)23-8-11-26(36-4)12-9-23/h8-13,20-22H,5-7,14-19,30H2,1-4H3,(H,31,33). The summed E-state index contributed by atoms with van der Waals surface area (Å²) in [6.45, 7) is 5.28. The third-order valence-corrected chi connectivity index (χ3v) is 6.03. The summed E-state index contributed by atoms with van der Waals surface area (Å²) in [6, 6.07) is 16.1. The lowest BCUT2D eigenvalue weighted by Crippen LogP contribution is -2.24. The summed E-state index contributed by atoms with van der Waals surface area (Å²) >= 11 is 0. The van der Waals surface area contributed by atoms with E-state index in [1.165, 1.54) is 0 Å². The summed E-state index contributed by atoms with van der Waals surface area (Å²) in [6.07, 6.45) is 4.85. The highest BCUT2D eigenvalue weighted by atomic mass is 16.5. The minimum atomic E-state index is 0.630. The van der Waals surface area contributed by atoms with Crippen molar-refractivity contribution in [2.24, 2.45) is 5.73 Å². The number of nitrogens with one attached hydrogen (secondary N) is 1. The molecule has 0 aliphatic heterocycles. The molecule has 0 aliphatic carbocycles. The zero-order valence-electron chi connectivity index (χ0n) is 22.7. The van der Waals surface area contributed by atoms with Crippen molar-refractivity contribution in [2.75, 3.05) is 72.9 Å². The van der Waals surface area contributed by atoms with Gasteiger partial charge in [-0.3, -0.25) is 0 Å². The first-order valence-electron chi connectivity index (χ1n) is 13.0. The van der Waals surface area contributed by atoms with Gasteiger partial charge in [0.1, 0.15) is 5.75 Å². The van der Waals surface area contributed by atoms with Gasteiger partial charge in [0.05, 0.1) is 25.1 Å². The van der Waals surface area contributed by atoms with E-state index in [4.69, 9.17) is 20.2 Å². The van der Waals surface area contributed by atoms with Crippen LogP contribution in [0.5, 0.6) is 11.6 Å². The highest BCUT2D eigenvalue weighted by molar-refractivity contribution is 5.72. The van der Waals surface area contributed by atoms with E-state index in [-0.39, 0.29) is 0 Å². The van der Waals surface area contributed by atoms with E-state index in [1.54, 1.807) is 7.11 Å². The number of benzene rings is 1. The van der Waals surface area contributed by atoms with E-state index in [1.807, 2.05) is 42.6 Å². The Hall–Kier alpha value is -3.20. The quantitative estimate of drug-likeness (QED) is 0.279. The average Bonchev–Trinajstić information content (AvgIpc) is 2.92. The first-order valence-corrected chi connectivity index (χ1v) is 13.0. The molecule has 0 saturated carbocycles. The predicted molar refractivity (Wildman–Crippen MR) is 152 cm³/mol. The molecular formula is C29H42N6O2. The Labute approximate surface area is 221 Å². The van der Waals surface area contributed by atoms with Crippen molar-refractivity contribution >= 4 is 5.69 Å². The van der Waals surface area contributed by atoms with E-state index < -0.39 is 0 Å². The lowest BCUT2D eigenvalue weighted by molar-refractivity contribution is 0.273. The first-order chi connectivity index (χ1) is 18.0. The van der Waals surface area contributed by atoms with Crippen LogP contribution in [0.3, 0.4) is 0 Å². The highest BCUT2D eigenvalue weighted by Crippen LogP contribution is 2.28. The number of aromatic nitrogens is 2. The summed E-state index contributed by atoms with van der Waals surface area (Å²) < 4.78 is 11.1. The van der Waals surface area contributed by atoms with Gasteiger partial charge in [0, 0.05) is 42.2 Å². The van der Waals surface area contributed by atoms with Crippen molar-refractivity contribution in [3.05, 3.63) is 54.7 Å². The highest BCUT2D eigenvalue weighted by Gasteiger charge is 2.09. The summed E-state index contributed by atoms with van der Waals surface area (Å²) in [5.74, 6) is 1.45. The van der Waals surface area contributed by atoms with Gasteiger partial charge >= 0.3 is 0 Å². The van der Waals surface area contributed by atoms with Gasteiger partial charge in [0.15, 0.2) is 0 Å². The Balaban J connectivity index is 1.73. The Morgan fingerprint density at radius 1 is 0.865 bits per heavy atom. The fourth-order valence-corrected chi connectivity index (χ4v) is 3.92. The van der Waals surface area contributed by atoms with Crippen LogP contribution in [0.1, 0.15) is 19.3 Å². The zero-order chi connectivity index (χ0) is 26.5. The normalized spacial score (nSPS) is 11.2. The number of pyridine rings is 2. The predicted octanol–water partition coefficient (Wildman–Crippen LogP) is 4.23. The van der Waals surface area contributed by atoms with Crippen molar-refractivity contribution in [3.8, 4) is 34.1 Å². The van der Waals surface area contributed by atoms with Gasteiger partial charge in [-0.1, -0.05) is 0 Å². The van der Waals surface area contributed by atoms with Crippen LogP contribution in [0.2, 0.25) is 0 Å². The molecule has 0 unspecified atom stereocenters. The number of hydrogen-bond acceptors (Lipinski definition) is 8. The van der Waals surface area contributed by atoms with Crippen LogP contribution in [-0.4, -0.2) is 87.4 Å². The largest absolute Gasteiger partial charge is 0.497 e. The SMILES string of the molecule is COc1ccc(-c2cc(NCCCN(C)CCCN)cc(-c3ccc(OCCCN(C)C)nc3)n2)cc1. The Kier molecular flexibility index (Phi) is 11.6. The number of nitrogens with zero attached hydrogens (tertiary/aromatic N) is 4. The Bertz CT molecular complexity index is 1060. The second kappa shape index (κ2) is 15.1. The molecule has 1 aromatic carbocycles. The number of anilines is 1. The molecule has 0 bridgehead atoms. The fraction of sp³-hybridized carbons (Fsp3) is 0.448. The Morgan fingerprint density at radius 2 is 1.57 bits per heavy atom. The van der Waals surface area contributed by atoms with Crippen LogP contribution in [0.4, 0.5) is 5.69 Å². The third kappa shape index (κ3) is 9.64. The fourth-order valence-electron chi connectivity index (χ4n) is 3.92. The summed E-state index contributed by atoms with van der Waals surface area (Å²) in [5.41, 5.74) is 10.4. The number of hydrogen-bond donors (Lipinski definition) is 2. The molecule has 37 heavy (non-hydrogen) atoms. The van der Waals surface area contributed by atoms with Crippen molar-refractivity contribution in [3.63, 3.8) is 0 Å².